The van der Waals surface area contributed by atoms with E-state index in [1.807, 2.05) is 17.8 Å². The Hall–Kier alpha value is -0.0300. The fraction of sp³-hybridized carbons (Fsp3) is 0.538. The van der Waals surface area contributed by atoms with Crippen LogP contribution in [0.4, 0.5) is 0 Å². The summed E-state index contributed by atoms with van der Waals surface area (Å²) in [5.74, 6) is 0. The molecule has 96 valence electrons. The number of thioether (sulfide) groups is 1. The Balaban J connectivity index is 2.21. The van der Waals surface area contributed by atoms with Gasteiger partial charge in [0.25, 0.3) is 0 Å². The lowest BCUT2D eigenvalue weighted by molar-refractivity contribution is 0.194. The van der Waals surface area contributed by atoms with Gasteiger partial charge in [-0.2, -0.15) is 0 Å². The number of methoxy groups -OCH3 is 1. The maximum Gasteiger partial charge on any atom is 0.0474 e. The summed E-state index contributed by atoms with van der Waals surface area (Å²) >= 11 is 5.46. The fourth-order valence-corrected chi connectivity index (χ4v) is 2.98. The van der Waals surface area contributed by atoms with Crippen molar-refractivity contribution in [1.29, 1.82) is 0 Å². The molecule has 0 spiro atoms. The minimum atomic E-state index is 0.566. The summed E-state index contributed by atoms with van der Waals surface area (Å²) in [6.07, 6.45) is 1.07. The largest absolute Gasteiger partial charge is 0.385 e. The van der Waals surface area contributed by atoms with Gasteiger partial charge in [-0.25, -0.2) is 0 Å². The number of hydrogen-bond acceptors (Lipinski definition) is 3. The monoisotopic (exact) mass is 317 g/mol. The van der Waals surface area contributed by atoms with Crippen molar-refractivity contribution in [1.82, 2.24) is 5.32 Å². The molecule has 0 aliphatic carbocycles. The topological polar surface area (TPSA) is 21.3 Å². The van der Waals surface area contributed by atoms with E-state index in [4.69, 9.17) is 4.74 Å². The van der Waals surface area contributed by atoms with Crippen LogP contribution in [0, 0.1) is 0 Å². The SMILES string of the molecule is COCCCNCC(C)Sc1ccccc1Br. The Labute approximate surface area is 117 Å². The highest BCUT2D eigenvalue weighted by Gasteiger charge is 2.06. The zero-order valence-corrected chi connectivity index (χ0v) is 12.8. The molecular formula is C13H20BrNOS. The molecule has 0 bridgehead atoms. The van der Waals surface area contributed by atoms with Crippen LogP contribution >= 0.6 is 27.7 Å². The molecule has 0 amide bonds. The third kappa shape index (κ3) is 6.46. The molecule has 0 heterocycles. The summed E-state index contributed by atoms with van der Waals surface area (Å²) in [7, 11) is 1.74. The molecule has 0 aliphatic rings. The molecule has 17 heavy (non-hydrogen) atoms. The van der Waals surface area contributed by atoms with E-state index in [0.29, 0.717) is 5.25 Å². The van der Waals surface area contributed by atoms with Crippen LogP contribution in [-0.2, 0) is 4.74 Å². The van der Waals surface area contributed by atoms with Gasteiger partial charge in [-0.15, -0.1) is 11.8 Å². The maximum absolute atomic E-state index is 5.01. The highest BCUT2D eigenvalue weighted by molar-refractivity contribution is 9.10. The van der Waals surface area contributed by atoms with Crippen LogP contribution in [0.25, 0.3) is 0 Å². The number of nitrogens with one attached hydrogen (secondary N) is 1. The van der Waals surface area contributed by atoms with Crippen LogP contribution in [0.15, 0.2) is 33.6 Å². The number of rotatable bonds is 8. The summed E-state index contributed by atoms with van der Waals surface area (Å²) in [4.78, 5) is 1.30. The molecule has 0 radical (unpaired) electrons. The molecule has 0 saturated carbocycles. The van der Waals surface area contributed by atoms with Crippen LogP contribution < -0.4 is 5.32 Å². The Morgan fingerprint density at radius 3 is 2.88 bits per heavy atom. The lowest BCUT2D eigenvalue weighted by atomic mass is 10.4. The Morgan fingerprint density at radius 2 is 2.18 bits per heavy atom. The highest BCUT2D eigenvalue weighted by Crippen LogP contribution is 2.29. The molecule has 0 fully saturated rings. The minimum Gasteiger partial charge on any atom is -0.385 e. The van der Waals surface area contributed by atoms with E-state index < -0.39 is 0 Å². The maximum atomic E-state index is 5.01. The average Bonchev–Trinajstić information content (AvgIpc) is 2.32. The zero-order chi connectivity index (χ0) is 12.5. The number of hydrogen-bond donors (Lipinski definition) is 1. The number of ether oxygens (including phenoxy) is 1. The second-order valence-corrected chi connectivity index (χ2v) is 6.24. The van der Waals surface area contributed by atoms with E-state index in [0.717, 1.165) is 26.1 Å². The molecular weight excluding hydrogens is 298 g/mol. The van der Waals surface area contributed by atoms with Crippen LogP contribution in [0.5, 0.6) is 0 Å². The van der Waals surface area contributed by atoms with Crippen molar-refractivity contribution < 1.29 is 4.74 Å². The molecule has 1 rings (SSSR count). The molecule has 0 saturated heterocycles. The summed E-state index contributed by atoms with van der Waals surface area (Å²) in [6.45, 7) is 5.12. The summed E-state index contributed by atoms with van der Waals surface area (Å²) in [5.41, 5.74) is 0. The van der Waals surface area contributed by atoms with E-state index in [1.54, 1.807) is 7.11 Å². The van der Waals surface area contributed by atoms with Crippen molar-refractivity contribution in [2.45, 2.75) is 23.5 Å². The van der Waals surface area contributed by atoms with Gasteiger partial charge >= 0.3 is 0 Å². The highest BCUT2D eigenvalue weighted by atomic mass is 79.9. The first-order valence-electron chi connectivity index (χ1n) is 5.85. The standard InChI is InChI=1S/C13H20BrNOS/c1-11(10-15-8-5-9-16-2)17-13-7-4-3-6-12(13)14/h3-4,6-7,11,15H,5,8-10H2,1-2H3. The van der Waals surface area contributed by atoms with Crippen LogP contribution in [-0.4, -0.2) is 32.1 Å². The number of halogens is 1. The van der Waals surface area contributed by atoms with Crippen molar-refractivity contribution in [3.8, 4) is 0 Å². The van der Waals surface area contributed by atoms with Gasteiger partial charge in [0.05, 0.1) is 0 Å². The molecule has 2 nitrogen and oxygen atoms in total. The third-order valence-electron chi connectivity index (χ3n) is 2.30. The van der Waals surface area contributed by atoms with Gasteiger partial charge in [-0.3, -0.25) is 0 Å². The summed E-state index contributed by atoms with van der Waals surface area (Å²) in [6, 6.07) is 8.35. The molecule has 0 aromatic heterocycles. The smallest absolute Gasteiger partial charge is 0.0474 e. The van der Waals surface area contributed by atoms with Gasteiger partial charge in [-0.1, -0.05) is 19.1 Å². The third-order valence-corrected chi connectivity index (χ3v) is 4.43. The lowest BCUT2D eigenvalue weighted by Crippen LogP contribution is -2.24. The van der Waals surface area contributed by atoms with Crippen LogP contribution in [0.1, 0.15) is 13.3 Å². The molecule has 1 aromatic carbocycles. The molecule has 1 aromatic rings. The van der Waals surface area contributed by atoms with E-state index >= 15 is 0 Å². The first-order valence-corrected chi connectivity index (χ1v) is 7.52. The van der Waals surface area contributed by atoms with E-state index in [1.165, 1.54) is 9.37 Å². The summed E-state index contributed by atoms with van der Waals surface area (Å²) in [5, 5.41) is 4.01. The molecule has 1 N–H and O–H groups in total. The fourth-order valence-electron chi connectivity index (χ4n) is 1.45. The molecule has 0 aliphatic heterocycles. The quantitative estimate of drug-likeness (QED) is 0.585. The van der Waals surface area contributed by atoms with Gasteiger partial charge in [0.2, 0.25) is 0 Å². The zero-order valence-electron chi connectivity index (χ0n) is 10.4. The first kappa shape index (κ1) is 15.0. The predicted octanol–water partition coefficient (Wildman–Crippen LogP) is 3.56. The van der Waals surface area contributed by atoms with Gasteiger partial charge in [0.15, 0.2) is 0 Å². The second kappa shape index (κ2) is 8.97. The van der Waals surface area contributed by atoms with Gasteiger partial charge < -0.3 is 10.1 Å². The van der Waals surface area contributed by atoms with Gasteiger partial charge in [0.1, 0.15) is 0 Å². The number of benzene rings is 1. The lowest BCUT2D eigenvalue weighted by Gasteiger charge is -2.13. The normalized spacial score (nSPS) is 12.6. The molecule has 4 heteroatoms. The second-order valence-electron chi connectivity index (χ2n) is 3.91. The van der Waals surface area contributed by atoms with E-state index in [2.05, 4.69) is 46.4 Å². The van der Waals surface area contributed by atoms with Crippen molar-refractivity contribution in [2.75, 3.05) is 26.8 Å². The van der Waals surface area contributed by atoms with Crippen molar-refractivity contribution in [3.63, 3.8) is 0 Å². The van der Waals surface area contributed by atoms with E-state index in [9.17, 15) is 0 Å². The van der Waals surface area contributed by atoms with E-state index in [-0.39, 0.29) is 0 Å². The molecule has 1 unspecified atom stereocenters. The Kier molecular flexibility index (Phi) is 7.93. The summed E-state index contributed by atoms with van der Waals surface area (Å²) < 4.78 is 6.19. The Morgan fingerprint density at radius 1 is 1.41 bits per heavy atom. The first-order chi connectivity index (χ1) is 8.24. The Bertz CT molecular complexity index is 322. The van der Waals surface area contributed by atoms with Crippen LogP contribution in [0.2, 0.25) is 0 Å². The predicted molar refractivity (Wildman–Crippen MR) is 78.8 cm³/mol. The van der Waals surface area contributed by atoms with Crippen molar-refractivity contribution in [2.24, 2.45) is 0 Å². The van der Waals surface area contributed by atoms with Gasteiger partial charge in [0, 0.05) is 34.9 Å². The van der Waals surface area contributed by atoms with Gasteiger partial charge in [-0.05, 0) is 41.0 Å². The minimum absolute atomic E-state index is 0.566. The van der Waals surface area contributed by atoms with Crippen molar-refractivity contribution >= 4 is 27.7 Å². The van der Waals surface area contributed by atoms with Crippen LogP contribution in [0.3, 0.4) is 0 Å². The van der Waals surface area contributed by atoms with Crippen molar-refractivity contribution in [3.05, 3.63) is 28.7 Å². The average molecular weight is 318 g/mol. The molecule has 1 atom stereocenters.